The summed E-state index contributed by atoms with van der Waals surface area (Å²) in [5, 5.41) is 0.529. The molecule has 7 nitrogen and oxygen atoms in total. The molecule has 0 saturated heterocycles. The van der Waals surface area contributed by atoms with Crippen molar-refractivity contribution in [1.82, 2.24) is 0 Å². The highest BCUT2D eigenvalue weighted by atomic mass is 19.3. The van der Waals surface area contributed by atoms with Crippen LogP contribution >= 0.6 is 0 Å². The van der Waals surface area contributed by atoms with Gasteiger partial charge < -0.3 is 13.9 Å². The number of benzene rings is 2. The minimum atomic E-state index is -5.41. The van der Waals surface area contributed by atoms with E-state index in [1.165, 1.54) is 17.7 Å². The molecule has 0 aliphatic rings. The van der Waals surface area contributed by atoms with Gasteiger partial charge in [0.1, 0.15) is 11.3 Å². The highest BCUT2D eigenvalue weighted by Gasteiger charge is 2.52. The molecule has 3 aromatic rings. The van der Waals surface area contributed by atoms with Crippen LogP contribution in [0.3, 0.4) is 0 Å². The number of ether oxygens (including phenoxy) is 4. The number of aryl methyl sites for hydroxylation is 2. The summed E-state index contributed by atoms with van der Waals surface area (Å²) in [6, 6.07) is 11.9. The quantitative estimate of drug-likeness (QED) is 0.0396. The molecular weight excluding hydrogens is 706 g/mol. The van der Waals surface area contributed by atoms with E-state index >= 15 is 0 Å². The first-order chi connectivity index (χ1) is 24.4. The summed E-state index contributed by atoms with van der Waals surface area (Å²) in [6.45, 7) is 13.3. The van der Waals surface area contributed by atoms with Gasteiger partial charge in [-0.2, -0.15) is 17.6 Å². The van der Waals surface area contributed by atoms with Gasteiger partial charge in [0.2, 0.25) is 0 Å². The Morgan fingerprint density at radius 3 is 2.02 bits per heavy atom. The molecule has 0 fully saturated rings. The molecular formula is C40H52F6O7. The van der Waals surface area contributed by atoms with Crippen LogP contribution in [0.5, 0.6) is 5.75 Å². The second-order valence-corrected chi connectivity index (χ2v) is 15.6. The summed E-state index contributed by atoms with van der Waals surface area (Å²) in [5.41, 5.74) is 1.90. The van der Waals surface area contributed by atoms with Gasteiger partial charge in [-0.1, -0.05) is 86.4 Å². The molecule has 0 aliphatic heterocycles. The zero-order valence-electron chi connectivity index (χ0n) is 31.8. The predicted octanol–water partition coefficient (Wildman–Crippen LogP) is 11.3. The zero-order valence-corrected chi connectivity index (χ0v) is 31.8. The number of esters is 1. The lowest BCUT2D eigenvalue weighted by Gasteiger charge is -2.34. The van der Waals surface area contributed by atoms with Gasteiger partial charge in [0.15, 0.2) is 0 Å². The molecule has 3 rings (SSSR count). The monoisotopic (exact) mass is 758 g/mol. The fraction of sp³-hybridized carbons (Fsp3) is 0.600. The Morgan fingerprint density at radius 2 is 1.43 bits per heavy atom. The van der Waals surface area contributed by atoms with Crippen molar-refractivity contribution in [2.24, 2.45) is 16.7 Å². The molecule has 0 saturated carbocycles. The average Bonchev–Trinajstić information content (AvgIpc) is 3.01. The predicted molar refractivity (Wildman–Crippen MR) is 190 cm³/mol. The van der Waals surface area contributed by atoms with Crippen molar-refractivity contribution in [1.29, 1.82) is 0 Å². The van der Waals surface area contributed by atoms with Crippen molar-refractivity contribution in [2.45, 2.75) is 125 Å². The van der Waals surface area contributed by atoms with E-state index in [-0.39, 0.29) is 16.7 Å². The van der Waals surface area contributed by atoms with Crippen LogP contribution in [0.4, 0.5) is 26.3 Å². The van der Waals surface area contributed by atoms with E-state index < -0.39 is 67.5 Å². The van der Waals surface area contributed by atoms with Gasteiger partial charge in [-0.05, 0) is 71.4 Å². The summed E-state index contributed by atoms with van der Waals surface area (Å²) in [6.07, 6.45) is -12.4. The van der Waals surface area contributed by atoms with Gasteiger partial charge >= 0.3 is 30.1 Å². The molecule has 13 heteroatoms. The molecule has 2 aromatic carbocycles. The highest BCUT2D eigenvalue weighted by Crippen LogP contribution is 2.39. The number of fused-ring (bicyclic) bond motifs is 1. The van der Waals surface area contributed by atoms with Crippen molar-refractivity contribution in [2.75, 3.05) is 13.2 Å². The Balaban J connectivity index is 1.57. The van der Waals surface area contributed by atoms with E-state index in [1.54, 1.807) is 32.9 Å². The normalized spacial score (nSPS) is 13.7. The largest absolute Gasteiger partial charge is 0.494 e. The van der Waals surface area contributed by atoms with Gasteiger partial charge in [-0.15, -0.1) is 8.78 Å². The van der Waals surface area contributed by atoms with Crippen LogP contribution in [0.15, 0.2) is 51.7 Å². The Morgan fingerprint density at radius 1 is 0.792 bits per heavy atom. The van der Waals surface area contributed by atoms with Crippen molar-refractivity contribution in [3.05, 3.63) is 64.0 Å². The summed E-state index contributed by atoms with van der Waals surface area (Å²) in [7, 11) is 0. The van der Waals surface area contributed by atoms with E-state index in [2.05, 4.69) is 22.5 Å². The number of carbonyl (C=O) groups excluding carboxylic acids is 1. The first-order valence-electron chi connectivity index (χ1n) is 18.0. The van der Waals surface area contributed by atoms with Crippen LogP contribution in [-0.2, 0) is 31.8 Å². The standard InChI is InChI=1S/C40H52F6O7/c1-9-11-12-13-26-14-17-30(27(10-2)22-26)31-23-28-15-16-29(24-33(28)51-34(31)47)49-20-18-38(41,42)52-40(45,46)53-39(43,44)19-21-50-35(48)32(37(6,7)8)25-36(3,4)5/h14-17,22-24,32H,9-13,18-21,25H2,1-8H3. The maximum atomic E-state index is 14.3. The molecule has 1 heterocycles. The van der Waals surface area contributed by atoms with Crippen molar-refractivity contribution >= 4 is 16.9 Å². The third-order valence-corrected chi connectivity index (χ3v) is 8.60. The lowest BCUT2D eigenvalue weighted by molar-refractivity contribution is -0.514. The first kappa shape index (κ1) is 43.8. The number of halogens is 6. The number of alkyl halides is 6. The summed E-state index contributed by atoms with van der Waals surface area (Å²) in [5.74, 6) is -1.48. The Hall–Kier alpha value is -3.58. The van der Waals surface area contributed by atoms with Crippen LogP contribution < -0.4 is 10.4 Å². The van der Waals surface area contributed by atoms with Gasteiger partial charge in [0.25, 0.3) is 0 Å². The molecule has 0 aliphatic carbocycles. The van der Waals surface area contributed by atoms with Crippen molar-refractivity contribution in [3.8, 4) is 16.9 Å². The molecule has 1 atom stereocenters. The lowest BCUT2D eigenvalue weighted by Crippen LogP contribution is -2.41. The Labute approximate surface area is 307 Å². The SMILES string of the molecule is CCCCCc1ccc(-c2cc3ccc(OCCC(F)(F)OC(F)(F)OC(F)(F)CCOC(=O)C(CC(C)(C)C)C(C)(C)C)cc3oc2=O)c(CC)c1. The minimum absolute atomic E-state index is 0.0184. The van der Waals surface area contributed by atoms with E-state index in [0.717, 1.165) is 36.8 Å². The molecule has 0 bridgehead atoms. The first-order valence-corrected chi connectivity index (χ1v) is 18.0. The van der Waals surface area contributed by atoms with Crippen molar-refractivity contribution < 1.29 is 54.5 Å². The van der Waals surface area contributed by atoms with E-state index in [1.807, 2.05) is 39.8 Å². The van der Waals surface area contributed by atoms with Gasteiger partial charge in [0, 0.05) is 11.5 Å². The number of rotatable bonds is 19. The molecule has 0 amide bonds. The minimum Gasteiger partial charge on any atom is -0.493 e. The Kier molecular flexibility index (Phi) is 14.6. The summed E-state index contributed by atoms with van der Waals surface area (Å²) in [4.78, 5) is 25.6. The second kappa shape index (κ2) is 17.7. The van der Waals surface area contributed by atoms with Crippen LogP contribution in [-0.4, -0.2) is 37.7 Å². The van der Waals surface area contributed by atoms with Crippen LogP contribution in [0, 0.1) is 16.7 Å². The lowest BCUT2D eigenvalue weighted by atomic mass is 9.72. The maximum absolute atomic E-state index is 14.3. The van der Waals surface area contributed by atoms with Gasteiger partial charge in [0.05, 0.1) is 37.5 Å². The highest BCUT2D eigenvalue weighted by molar-refractivity contribution is 5.83. The molecule has 0 spiro atoms. The molecule has 0 N–H and O–H groups in total. The molecule has 1 unspecified atom stereocenters. The summed E-state index contributed by atoms with van der Waals surface area (Å²) >= 11 is 0. The molecule has 1 aromatic heterocycles. The number of hydrogen-bond acceptors (Lipinski definition) is 7. The zero-order chi connectivity index (χ0) is 39.8. The van der Waals surface area contributed by atoms with Gasteiger partial charge in [-0.3, -0.25) is 4.79 Å². The van der Waals surface area contributed by atoms with E-state index in [4.69, 9.17) is 13.9 Å². The van der Waals surface area contributed by atoms with Crippen molar-refractivity contribution in [3.63, 3.8) is 0 Å². The fourth-order valence-corrected chi connectivity index (χ4v) is 5.79. The van der Waals surface area contributed by atoms with E-state index in [9.17, 15) is 35.9 Å². The smallest absolute Gasteiger partial charge is 0.493 e. The molecule has 53 heavy (non-hydrogen) atoms. The average molecular weight is 759 g/mol. The van der Waals surface area contributed by atoms with Gasteiger partial charge in [-0.25, -0.2) is 14.3 Å². The molecule has 0 radical (unpaired) electrons. The Bertz CT molecular complexity index is 1720. The fourth-order valence-electron chi connectivity index (χ4n) is 5.79. The third-order valence-electron chi connectivity index (χ3n) is 8.60. The number of unbranched alkanes of at least 4 members (excludes halogenated alkanes) is 2. The topological polar surface area (TPSA) is 84.2 Å². The number of carbonyl (C=O) groups is 1. The van der Waals surface area contributed by atoms with Crippen LogP contribution in [0.25, 0.3) is 22.1 Å². The third kappa shape index (κ3) is 14.0. The molecule has 296 valence electrons. The second-order valence-electron chi connectivity index (χ2n) is 15.6. The van der Waals surface area contributed by atoms with Crippen LogP contribution in [0.1, 0.15) is 105 Å². The maximum Gasteiger partial charge on any atom is 0.494 e. The summed E-state index contributed by atoms with van der Waals surface area (Å²) < 4.78 is 108. The number of hydrogen-bond donors (Lipinski definition) is 0. The van der Waals surface area contributed by atoms with Crippen LogP contribution in [0.2, 0.25) is 0 Å². The van der Waals surface area contributed by atoms with E-state index in [0.29, 0.717) is 23.8 Å².